The summed E-state index contributed by atoms with van der Waals surface area (Å²) in [4.78, 5) is 12.1. The fraction of sp³-hybridized carbons (Fsp3) is 0.133. The number of carbonyl (C=O) groups is 1. The molecule has 0 saturated carbocycles. The average Bonchev–Trinajstić information content (AvgIpc) is 2.37. The van der Waals surface area contributed by atoms with Gasteiger partial charge in [-0.05, 0) is 55.3 Å². The molecule has 4 heteroatoms. The highest BCUT2D eigenvalue weighted by atomic mass is 35.5. The average molecular weight is 275 g/mol. The normalized spacial score (nSPS) is 10.3. The van der Waals surface area contributed by atoms with Crippen LogP contribution in [0.3, 0.4) is 0 Å². The van der Waals surface area contributed by atoms with Crippen LogP contribution in [0.5, 0.6) is 0 Å². The van der Waals surface area contributed by atoms with Gasteiger partial charge in [-0.2, -0.15) is 0 Å². The molecular formula is C15H15ClN2O. The first-order chi connectivity index (χ1) is 8.97. The second kappa shape index (κ2) is 5.33. The molecule has 0 heterocycles. The first-order valence-electron chi connectivity index (χ1n) is 5.91. The number of carbonyl (C=O) groups excluding carboxylic acids is 1. The van der Waals surface area contributed by atoms with Crippen molar-refractivity contribution in [2.24, 2.45) is 0 Å². The number of nitrogens with two attached hydrogens (primary N) is 1. The number of benzene rings is 2. The Hall–Kier alpha value is -2.00. The highest BCUT2D eigenvalue weighted by Gasteiger charge is 2.09. The molecule has 0 bridgehead atoms. The van der Waals surface area contributed by atoms with Crippen molar-refractivity contribution < 1.29 is 4.79 Å². The van der Waals surface area contributed by atoms with Gasteiger partial charge in [-0.3, -0.25) is 4.79 Å². The molecule has 0 saturated heterocycles. The predicted octanol–water partition coefficient (Wildman–Crippen LogP) is 3.79. The van der Waals surface area contributed by atoms with Gasteiger partial charge in [-0.1, -0.05) is 17.7 Å². The lowest BCUT2D eigenvalue weighted by atomic mass is 10.1. The van der Waals surface area contributed by atoms with Gasteiger partial charge < -0.3 is 11.1 Å². The monoisotopic (exact) mass is 274 g/mol. The Balaban J connectivity index is 2.25. The SMILES string of the molecule is Cc1cc(C(=O)Nc2cc(N)ccc2C)ccc1Cl. The van der Waals surface area contributed by atoms with Crippen LogP contribution in [0.15, 0.2) is 36.4 Å². The Bertz CT molecular complexity index is 638. The number of nitrogens with one attached hydrogen (secondary N) is 1. The molecule has 0 aliphatic heterocycles. The summed E-state index contributed by atoms with van der Waals surface area (Å²) >= 11 is 5.94. The fourth-order valence-electron chi connectivity index (χ4n) is 1.75. The lowest BCUT2D eigenvalue weighted by molar-refractivity contribution is 0.102. The predicted molar refractivity (Wildman–Crippen MR) is 79.7 cm³/mol. The molecule has 0 radical (unpaired) electrons. The van der Waals surface area contributed by atoms with Gasteiger partial charge in [0.05, 0.1) is 0 Å². The molecule has 0 aromatic heterocycles. The quantitative estimate of drug-likeness (QED) is 0.819. The summed E-state index contributed by atoms with van der Waals surface area (Å²) in [7, 11) is 0. The number of halogens is 1. The van der Waals surface area contributed by atoms with Gasteiger partial charge in [0.1, 0.15) is 0 Å². The van der Waals surface area contributed by atoms with Crippen LogP contribution in [0.4, 0.5) is 11.4 Å². The number of aryl methyl sites for hydroxylation is 2. The Labute approximate surface area is 117 Å². The Kier molecular flexibility index (Phi) is 3.76. The van der Waals surface area contributed by atoms with Gasteiger partial charge in [0, 0.05) is 22.0 Å². The van der Waals surface area contributed by atoms with Crippen molar-refractivity contribution >= 4 is 28.9 Å². The molecule has 0 spiro atoms. The lowest BCUT2D eigenvalue weighted by Gasteiger charge is -2.10. The van der Waals surface area contributed by atoms with E-state index in [0.717, 1.165) is 16.8 Å². The van der Waals surface area contributed by atoms with E-state index in [9.17, 15) is 4.79 Å². The minimum absolute atomic E-state index is 0.173. The highest BCUT2D eigenvalue weighted by molar-refractivity contribution is 6.31. The van der Waals surface area contributed by atoms with Crippen LogP contribution in [0.1, 0.15) is 21.5 Å². The van der Waals surface area contributed by atoms with E-state index in [4.69, 9.17) is 17.3 Å². The van der Waals surface area contributed by atoms with Gasteiger partial charge >= 0.3 is 0 Å². The topological polar surface area (TPSA) is 55.1 Å². The second-order valence-electron chi connectivity index (χ2n) is 4.49. The van der Waals surface area contributed by atoms with E-state index in [1.807, 2.05) is 19.9 Å². The minimum Gasteiger partial charge on any atom is -0.399 e. The first kappa shape index (κ1) is 13.4. The summed E-state index contributed by atoms with van der Waals surface area (Å²) in [5, 5.41) is 3.50. The van der Waals surface area contributed by atoms with Gasteiger partial charge in [0.15, 0.2) is 0 Å². The van der Waals surface area contributed by atoms with Gasteiger partial charge in [-0.15, -0.1) is 0 Å². The highest BCUT2D eigenvalue weighted by Crippen LogP contribution is 2.20. The number of hydrogen-bond acceptors (Lipinski definition) is 2. The zero-order chi connectivity index (χ0) is 14.0. The smallest absolute Gasteiger partial charge is 0.255 e. The van der Waals surface area contributed by atoms with Crippen molar-refractivity contribution in [2.45, 2.75) is 13.8 Å². The maximum atomic E-state index is 12.1. The number of nitrogen functional groups attached to an aromatic ring is 1. The van der Waals surface area contributed by atoms with Crippen molar-refractivity contribution in [1.29, 1.82) is 0 Å². The second-order valence-corrected chi connectivity index (χ2v) is 4.90. The van der Waals surface area contributed by atoms with E-state index in [1.165, 1.54) is 0 Å². The molecule has 3 nitrogen and oxygen atoms in total. The number of rotatable bonds is 2. The van der Waals surface area contributed by atoms with E-state index in [0.29, 0.717) is 16.3 Å². The standard InChI is InChI=1S/C15H15ClN2O/c1-9-3-5-12(17)8-14(9)18-15(19)11-4-6-13(16)10(2)7-11/h3-8H,17H2,1-2H3,(H,18,19). The summed E-state index contributed by atoms with van der Waals surface area (Å²) in [5.41, 5.74) is 9.47. The molecular weight excluding hydrogens is 260 g/mol. The van der Waals surface area contributed by atoms with Crippen LogP contribution >= 0.6 is 11.6 Å². The third kappa shape index (κ3) is 3.06. The number of hydrogen-bond donors (Lipinski definition) is 2. The zero-order valence-corrected chi connectivity index (χ0v) is 11.6. The van der Waals surface area contributed by atoms with E-state index < -0.39 is 0 Å². The summed E-state index contributed by atoms with van der Waals surface area (Å²) in [6.45, 7) is 3.78. The van der Waals surface area contributed by atoms with Gasteiger partial charge in [-0.25, -0.2) is 0 Å². The van der Waals surface area contributed by atoms with Crippen molar-refractivity contribution in [1.82, 2.24) is 0 Å². The van der Waals surface area contributed by atoms with E-state index in [2.05, 4.69) is 5.32 Å². The Morgan fingerprint density at radius 3 is 2.53 bits per heavy atom. The first-order valence-corrected chi connectivity index (χ1v) is 6.29. The maximum Gasteiger partial charge on any atom is 0.255 e. The molecule has 19 heavy (non-hydrogen) atoms. The lowest BCUT2D eigenvalue weighted by Crippen LogP contribution is -2.13. The molecule has 98 valence electrons. The Morgan fingerprint density at radius 2 is 1.84 bits per heavy atom. The summed E-state index contributed by atoms with van der Waals surface area (Å²) in [6.07, 6.45) is 0. The third-order valence-electron chi connectivity index (χ3n) is 2.93. The van der Waals surface area contributed by atoms with Crippen molar-refractivity contribution in [3.8, 4) is 0 Å². The van der Waals surface area contributed by atoms with E-state index >= 15 is 0 Å². The number of anilines is 2. The Morgan fingerprint density at radius 1 is 1.11 bits per heavy atom. The maximum absolute atomic E-state index is 12.1. The molecule has 2 aromatic rings. The molecule has 3 N–H and O–H groups in total. The molecule has 0 fully saturated rings. The summed E-state index contributed by atoms with van der Waals surface area (Å²) < 4.78 is 0. The van der Waals surface area contributed by atoms with Gasteiger partial charge in [0.2, 0.25) is 0 Å². The molecule has 1 amide bonds. The summed E-state index contributed by atoms with van der Waals surface area (Å²) in [6, 6.07) is 10.6. The number of amides is 1. The van der Waals surface area contributed by atoms with Crippen LogP contribution < -0.4 is 11.1 Å². The minimum atomic E-state index is -0.173. The fourth-order valence-corrected chi connectivity index (χ4v) is 1.87. The van der Waals surface area contributed by atoms with Crippen molar-refractivity contribution in [3.63, 3.8) is 0 Å². The molecule has 2 rings (SSSR count). The van der Waals surface area contributed by atoms with Crippen LogP contribution in [0, 0.1) is 13.8 Å². The van der Waals surface area contributed by atoms with Crippen LogP contribution in [-0.4, -0.2) is 5.91 Å². The third-order valence-corrected chi connectivity index (χ3v) is 3.35. The summed E-state index contributed by atoms with van der Waals surface area (Å²) in [5.74, 6) is -0.173. The zero-order valence-electron chi connectivity index (χ0n) is 10.8. The van der Waals surface area contributed by atoms with E-state index in [-0.39, 0.29) is 5.91 Å². The van der Waals surface area contributed by atoms with Crippen molar-refractivity contribution in [3.05, 3.63) is 58.1 Å². The molecule has 0 atom stereocenters. The molecule has 0 unspecified atom stereocenters. The van der Waals surface area contributed by atoms with Crippen LogP contribution in [0.2, 0.25) is 5.02 Å². The molecule has 0 aliphatic rings. The molecule has 0 aliphatic carbocycles. The van der Waals surface area contributed by atoms with Gasteiger partial charge in [0.25, 0.3) is 5.91 Å². The van der Waals surface area contributed by atoms with Crippen LogP contribution in [-0.2, 0) is 0 Å². The van der Waals surface area contributed by atoms with Crippen LogP contribution in [0.25, 0.3) is 0 Å². The molecule has 2 aromatic carbocycles. The van der Waals surface area contributed by atoms with E-state index in [1.54, 1.807) is 30.3 Å². The van der Waals surface area contributed by atoms with Crippen molar-refractivity contribution in [2.75, 3.05) is 11.1 Å². The largest absolute Gasteiger partial charge is 0.399 e.